The lowest BCUT2D eigenvalue weighted by Crippen LogP contribution is -2.52. The van der Waals surface area contributed by atoms with Crippen LogP contribution in [0.25, 0.3) is 11.3 Å². The molecule has 0 atom stereocenters. The van der Waals surface area contributed by atoms with Crippen molar-refractivity contribution in [1.82, 2.24) is 14.4 Å². The Kier molecular flexibility index (Phi) is 5.84. The lowest BCUT2D eigenvalue weighted by molar-refractivity contribution is 0.0687. The molecule has 158 valence electrons. The van der Waals surface area contributed by atoms with Crippen LogP contribution in [0.5, 0.6) is 0 Å². The minimum Gasteiger partial charge on any atom is -0.355 e. The minimum absolute atomic E-state index is 0.118. The first-order valence-electron chi connectivity index (χ1n) is 9.05. The predicted molar refractivity (Wildman–Crippen MR) is 107 cm³/mol. The van der Waals surface area contributed by atoms with E-state index in [-0.39, 0.29) is 42.7 Å². The van der Waals surface area contributed by atoms with Gasteiger partial charge in [0, 0.05) is 44.1 Å². The molecule has 0 bridgehead atoms. The first kappa shape index (κ1) is 21.5. The Morgan fingerprint density at radius 1 is 1.03 bits per heavy atom. The quantitative estimate of drug-likeness (QED) is 0.685. The van der Waals surface area contributed by atoms with Crippen LogP contribution in [-0.2, 0) is 19.9 Å². The topological polar surface area (TPSA) is 118 Å². The Morgan fingerprint density at radius 2 is 1.62 bits per heavy atom. The molecule has 1 fully saturated rings. The number of aromatic nitrogens is 1. The molecular formula is C18H23N3O6S2. The van der Waals surface area contributed by atoms with Crippen LogP contribution in [0.2, 0.25) is 0 Å². The summed E-state index contributed by atoms with van der Waals surface area (Å²) in [4.78, 5) is 14.4. The second-order valence-corrected chi connectivity index (χ2v) is 11.7. The molecule has 2 heterocycles. The number of carbonyl (C=O) groups is 1. The molecule has 0 N–H and O–H groups in total. The molecular weight excluding hydrogens is 418 g/mol. The number of hydrogen-bond donors (Lipinski definition) is 0. The van der Waals surface area contributed by atoms with Crippen molar-refractivity contribution < 1.29 is 26.2 Å². The molecule has 0 radical (unpaired) electrons. The van der Waals surface area contributed by atoms with E-state index in [0.717, 1.165) is 6.26 Å². The zero-order valence-electron chi connectivity index (χ0n) is 16.4. The van der Waals surface area contributed by atoms with Crippen LogP contribution in [0, 0.1) is 0 Å². The van der Waals surface area contributed by atoms with Gasteiger partial charge in [-0.2, -0.15) is 4.31 Å². The van der Waals surface area contributed by atoms with E-state index in [2.05, 4.69) is 5.16 Å². The molecule has 1 saturated heterocycles. The van der Waals surface area contributed by atoms with Crippen molar-refractivity contribution >= 4 is 25.8 Å². The normalized spacial score (nSPS) is 16.3. The Balaban J connectivity index is 1.69. The van der Waals surface area contributed by atoms with Gasteiger partial charge in [-0.1, -0.05) is 5.16 Å². The van der Waals surface area contributed by atoms with Crippen LogP contribution in [0.3, 0.4) is 0 Å². The number of piperazine rings is 1. The maximum atomic E-state index is 12.7. The number of benzene rings is 1. The first-order valence-corrected chi connectivity index (χ1v) is 12.4. The van der Waals surface area contributed by atoms with Crippen LogP contribution < -0.4 is 0 Å². The molecule has 0 spiro atoms. The summed E-state index contributed by atoms with van der Waals surface area (Å²) in [5.74, 6) is 0.00349. The van der Waals surface area contributed by atoms with E-state index in [4.69, 9.17) is 4.52 Å². The summed E-state index contributed by atoms with van der Waals surface area (Å²) in [6, 6.07) is 7.59. The molecule has 1 aliphatic heterocycles. The van der Waals surface area contributed by atoms with Crippen molar-refractivity contribution in [3.05, 3.63) is 36.0 Å². The average Bonchev–Trinajstić information content (AvgIpc) is 3.17. The van der Waals surface area contributed by atoms with Gasteiger partial charge in [0.1, 0.15) is 0 Å². The van der Waals surface area contributed by atoms with E-state index >= 15 is 0 Å². The van der Waals surface area contributed by atoms with Crippen LogP contribution in [0.4, 0.5) is 0 Å². The number of sulfone groups is 1. The third-order valence-corrected chi connectivity index (χ3v) is 8.18. The van der Waals surface area contributed by atoms with Gasteiger partial charge in [-0.25, -0.2) is 16.8 Å². The fraction of sp³-hybridized carbons (Fsp3) is 0.444. The Labute approximate surface area is 170 Å². The number of sulfonamides is 1. The van der Waals surface area contributed by atoms with Crippen molar-refractivity contribution in [2.75, 3.05) is 32.4 Å². The molecule has 0 unspecified atom stereocenters. The molecule has 2 aromatic rings. The largest absolute Gasteiger partial charge is 0.355 e. The Morgan fingerprint density at radius 3 is 2.14 bits per heavy atom. The minimum atomic E-state index is -3.34. The number of rotatable bonds is 5. The SMILES string of the molecule is CC(C)S(=O)(=O)N1CCN(C(=O)c2cc(-c3ccc(S(C)(=O)=O)cc3)on2)CC1. The van der Waals surface area contributed by atoms with Gasteiger partial charge in [-0.3, -0.25) is 4.79 Å². The summed E-state index contributed by atoms with van der Waals surface area (Å²) in [7, 11) is -6.64. The van der Waals surface area contributed by atoms with Gasteiger partial charge >= 0.3 is 0 Å². The lowest BCUT2D eigenvalue weighted by atomic mass is 10.1. The summed E-state index contributed by atoms with van der Waals surface area (Å²) in [6.07, 6.45) is 1.12. The summed E-state index contributed by atoms with van der Waals surface area (Å²) >= 11 is 0. The summed E-state index contributed by atoms with van der Waals surface area (Å²) in [5, 5.41) is 3.32. The highest BCUT2D eigenvalue weighted by Crippen LogP contribution is 2.23. The molecule has 1 aliphatic rings. The van der Waals surface area contributed by atoms with E-state index in [1.54, 1.807) is 30.9 Å². The second kappa shape index (κ2) is 7.88. The van der Waals surface area contributed by atoms with Crippen molar-refractivity contribution in [2.24, 2.45) is 0 Å². The maximum Gasteiger partial charge on any atom is 0.276 e. The van der Waals surface area contributed by atoms with Crippen LogP contribution in [0.15, 0.2) is 39.8 Å². The van der Waals surface area contributed by atoms with Gasteiger partial charge in [-0.15, -0.1) is 0 Å². The molecule has 29 heavy (non-hydrogen) atoms. The van der Waals surface area contributed by atoms with Crippen LogP contribution >= 0.6 is 0 Å². The fourth-order valence-corrected chi connectivity index (χ4v) is 4.88. The van der Waals surface area contributed by atoms with Gasteiger partial charge in [0.05, 0.1) is 10.1 Å². The summed E-state index contributed by atoms with van der Waals surface area (Å²) < 4.78 is 54.2. The van der Waals surface area contributed by atoms with E-state index in [9.17, 15) is 21.6 Å². The zero-order chi connectivity index (χ0) is 21.4. The van der Waals surface area contributed by atoms with Gasteiger partial charge in [0.25, 0.3) is 5.91 Å². The fourth-order valence-electron chi connectivity index (χ4n) is 2.98. The molecule has 1 amide bonds. The van der Waals surface area contributed by atoms with Crippen LogP contribution in [-0.4, -0.2) is 74.8 Å². The monoisotopic (exact) mass is 441 g/mol. The van der Waals surface area contributed by atoms with E-state index in [0.29, 0.717) is 11.3 Å². The third-order valence-electron chi connectivity index (χ3n) is 4.78. The smallest absolute Gasteiger partial charge is 0.276 e. The highest BCUT2D eigenvalue weighted by atomic mass is 32.2. The summed E-state index contributed by atoms with van der Waals surface area (Å²) in [5.41, 5.74) is 0.712. The second-order valence-electron chi connectivity index (χ2n) is 7.16. The lowest BCUT2D eigenvalue weighted by Gasteiger charge is -2.34. The number of carbonyl (C=O) groups excluding carboxylic acids is 1. The highest BCUT2D eigenvalue weighted by molar-refractivity contribution is 7.90. The molecule has 11 heteroatoms. The molecule has 1 aromatic carbocycles. The van der Waals surface area contributed by atoms with Crippen molar-refractivity contribution in [3.8, 4) is 11.3 Å². The standard InChI is InChI=1S/C18H23N3O6S2/c1-13(2)29(25,26)21-10-8-20(9-11-21)18(22)16-12-17(27-19-16)14-4-6-15(7-5-14)28(3,23)24/h4-7,12-13H,8-11H2,1-3H3. The molecule has 0 saturated carbocycles. The zero-order valence-corrected chi connectivity index (χ0v) is 18.0. The van der Waals surface area contributed by atoms with Crippen molar-refractivity contribution in [3.63, 3.8) is 0 Å². The number of nitrogens with zero attached hydrogens (tertiary/aromatic N) is 3. The molecule has 1 aromatic heterocycles. The third kappa shape index (κ3) is 4.51. The number of amides is 1. The molecule has 3 rings (SSSR count). The van der Waals surface area contributed by atoms with Gasteiger partial charge in [-0.05, 0) is 38.1 Å². The van der Waals surface area contributed by atoms with Gasteiger partial charge < -0.3 is 9.42 Å². The Hall–Kier alpha value is -2.24. The van der Waals surface area contributed by atoms with Crippen LogP contribution in [0.1, 0.15) is 24.3 Å². The molecule has 0 aliphatic carbocycles. The molecule has 9 nitrogen and oxygen atoms in total. The van der Waals surface area contributed by atoms with Crippen molar-refractivity contribution in [1.29, 1.82) is 0 Å². The van der Waals surface area contributed by atoms with E-state index in [1.165, 1.54) is 22.5 Å². The van der Waals surface area contributed by atoms with Gasteiger partial charge in [0.15, 0.2) is 21.3 Å². The van der Waals surface area contributed by atoms with E-state index < -0.39 is 25.1 Å². The number of hydrogen-bond acceptors (Lipinski definition) is 7. The van der Waals surface area contributed by atoms with Gasteiger partial charge in [0.2, 0.25) is 10.0 Å². The maximum absolute atomic E-state index is 12.7. The Bertz CT molecular complexity index is 1100. The highest BCUT2D eigenvalue weighted by Gasteiger charge is 2.32. The summed E-state index contributed by atoms with van der Waals surface area (Å²) in [6.45, 7) is 4.29. The van der Waals surface area contributed by atoms with E-state index in [1.807, 2.05) is 0 Å². The first-order chi connectivity index (χ1) is 13.5. The predicted octanol–water partition coefficient (Wildman–Crippen LogP) is 1.24. The van der Waals surface area contributed by atoms with Crippen molar-refractivity contribution in [2.45, 2.75) is 24.0 Å². The average molecular weight is 442 g/mol.